The summed E-state index contributed by atoms with van der Waals surface area (Å²) in [4.78, 5) is 22.4. The fourth-order valence-corrected chi connectivity index (χ4v) is 1.42. The fraction of sp³-hybridized carbons (Fsp3) is 0.182. The molecule has 76 valence electrons. The van der Waals surface area contributed by atoms with Gasteiger partial charge < -0.3 is 4.98 Å². The molecule has 2 rings (SSSR count). The van der Waals surface area contributed by atoms with Gasteiger partial charge in [-0.15, -0.1) is 0 Å². The molecule has 0 spiro atoms. The summed E-state index contributed by atoms with van der Waals surface area (Å²) in [5.41, 5.74) is 2.26. The second-order valence-corrected chi connectivity index (χ2v) is 3.40. The average Bonchev–Trinajstić information content (AvgIpc) is 2.16. The number of H-pyrrole nitrogens is 1. The van der Waals surface area contributed by atoms with Gasteiger partial charge in [0.1, 0.15) is 5.69 Å². The Labute approximate surface area is 87.0 Å². The van der Waals surface area contributed by atoms with Crippen LogP contribution in [0.25, 0.3) is 11.5 Å². The van der Waals surface area contributed by atoms with Gasteiger partial charge >= 0.3 is 0 Å². The Morgan fingerprint density at radius 2 is 2.13 bits per heavy atom. The van der Waals surface area contributed by atoms with Crippen molar-refractivity contribution in [3.63, 3.8) is 0 Å². The van der Waals surface area contributed by atoms with Crippen LogP contribution in [0.3, 0.4) is 0 Å². The first kappa shape index (κ1) is 9.58. The highest BCUT2D eigenvalue weighted by atomic mass is 16.1. The molecule has 0 bridgehead atoms. The number of pyridine rings is 1. The van der Waals surface area contributed by atoms with E-state index in [-0.39, 0.29) is 5.56 Å². The third kappa shape index (κ3) is 1.93. The fourth-order valence-electron chi connectivity index (χ4n) is 1.42. The van der Waals surface area contributed by atoms with Crippen LogP contribution < -0.4 is 5.56 Å². The van der Waals surface area contributed by atoms with Crippen molar-refractivity contribution in [2.75, 3.05) is 0 Å². The molecule has 0 aliphatic carbocycles. The minimum Gasteiger partial charge on any atom is -0.305 e. The van der Waals surface area contributed by atoms with Crippen molar-refractivity contribution < 1.29 is 0 Å². The smallest absolute Gasteiger partial charge is 0.251 e. The lowest BCUT2D eigenvalue weighted by Crippen LogP contribution is -2.09. The van der Waals surface area contributed by atoms with E-state index in [2.05, 4.69) is 15.0 Å². The minimum atomic E-state index is -0.150. The third-order valence-electron chi connectivity index (χ3n) is 2.10. The van der Waals surface area contributed by atoms with Crippen molar-refractivity contribution in [1.82, 2.24) is 15.0 Å². The minimum absolute atomic E-state index is 0.150. The molecule has 4 heteroatoms. The third-order valence-corrected chi connectivity index (χ3v) is 2.10. The van der Waals surface area contributed by atoms with Crippen LogP contribution in [0.1, 0.15) is 11.3 Å². The van der Waals surface area contributed by atoms with Crippen molar-refractivity contribution >= 4 is 0 Å². The van der Waals surface area contributed by atoms with Gasteiger partial charge in [0, 0.05) is 18.0 Å². The molecule has 2 aromatic heterocycles. The van der Waals surface area contributed by atoms with Crippen LogP contribution in [0.5, 0.6) is 0 Å². The van der Waals surface area contributed by atoms with Crippen molar-refractivity contribution in [3.05, 3.63) is 46.0 Å². The van der Waals surface area contributed by atoms with Gasteiger partial charge in [0.2, 0.25) is 0 Å². The molecular weight excluding hydrogens is 190 g/mol. The quantitative estimate of drug-likeness (QED) is 0.759. The van der Waals surface area contributed by atoms with Gasteiger partial charge in [-0.25, -0.2) is 4.98 Å². The van der Waals surface area contributed by atoms with Gasteiger partial charge in [0.05, 0.1) is 0 Å². The first-order valence-electron chi connectivity index (χ1n) is 4.67. The van der Waals surface area contributed by atoms with Crippen LogP contribution in [0.4, 0.5) is 0 Å². The summed E-state index contributed by atoms with van der Waals surface area (Å²) in [5.74, 6) is 0.526. The number of nitrogens with one attached hydrogen (secondary N) is 1. The van der Waals surface area contributed by atoms with Crippen molar-refractivity contribution in [2.45, 2.75) is 13.8 Å². The van der Waals surface area contributed by atoms with Gasteiger partial charge in [-0.2, -0.15) is 0 Å². The summed E-state index contributed by atoms with van der Waals surface area (Å²) in [6.45, 7) is 3.72. The summed E-state index contributed by atoms with van der Waals surface area (Å²) in [6.07, 6.45) is 1.69. The molecule has 0 aromatic carbocycles. The van der Waals surface area contributed by atoms with Crippen molar-refractivity contribution in [2.24, 2.45) is 0 Å². The second kappa shape index (κ2) is 3.65. The molecule has 0 atom stereocenters. The highest BCUT2D eigenvalue weighted by Gasteiger charge is 2.05. The molecule has 0 aliphatic heterocycles. The SMILES string of the molecule is Cc1cc(=O)[nH]c(-c2ncccc2C)n1. The van der Waals surface area contributed by atoms with Crippen LogP contribution in [-0.2, 0) is 0 Å². The monoisotopic (exact) mass is 201 g/mol. The maximum Gasteiger partial charge on any atom is 0.251 e. The van der Waals surface area contributed by atoms with Crippen LogP contribution in [0.15, 0.2) is 29.2 Å². The van der Waals surface area contributed by atoms with Gasteiger partial charge in [0.25, 0.3) is 5.56 Å². The van der Waals surface area contributed by atoms with Crippen LogP contribution >= 0.6 is 0 Å². The summed E-state index contributed by atoms with van der Waals surface area (Å²) >= 11 is 0. The number of aromatic nitrogens is 3. The van der Waals surface area contributed by atoms with Gasteiger partial charge in [-0.1, -0.05) is 6.07 Å². The topological polar surface area (TPSA) is 58.6 Å². The van der Waals surface area contributed by atoms with E-state index >= 15 is 0 Å². The number of nitrogens with zero attached hydrogens (tertiary/aromatic N) is 2. The Bertz CT molecular complexity index is 546. The van der Waals surface area contributed by atoms with Gasteiger partial charge in [-0.05, 0) is 25.5 Å². The largest absolute Gasteiger partial charge is 0.305 e. The van der Waals surface area contributed by atoms with E-state index < -0.39 is 0 Å². The highest BCUT2D eigenvalue weighted by molar-refractivity contribution is 5.53. The van der Waals surface area contributed by atoms with E-state index in [9.17, 15) is 4.79 Å². The second-order valence-electron chi connectivity index (χ2n) is 3.40. The molecule has 0 aliphatic rings. The zero-order valence-electron chi connectivity index (χ0n) is 8.61. The van der Waals surface area contributed by atoms with Crippen LogP contribution in [-0.4, -0.2) is 15.0 Å². The molecule has 0 unspecified atom stereocenters. The number of rotatable bonds is 1. The zero-order chi connectivity index (χ0) is 10.8. The number of aromatic amines is 1. The average molecular weight is 201 g/mol. The highest BCUT2D eigenvalue weighted by Crippen LogP contribution is 2.14. The number of hydrogen-bond acceptors (Lipinski definition) is 3. The molecular formula is C11H11N3O. The molecule has 2 aromatic rings. The number of hydrogen-bond donors (Lipinski definition) is 1. The lowest BCUT2D eigenvalue weighted by atomic mass is 10.2. The maximum atomic E-state index is 11.3. The lowest BCUT2D eigenvalue weighted by Gasteiger charge is -2.03. The maximum absolute atomic E-state index is 11.3. The van der Waals surface area contributed by atoms with E-state index in [1.807, 2.05) is 19.1 Å². The molecule has 0 saturated heterocycles. The first-order chi connectivity index (χ1) is 7.16. The van der Waals surface area contributed by atoms with Gasteiger partial charge in [-0.3, -0.25) is 9.78 Å². The predicted molar refractivity (Wildman–Crippen MR) is 57.6 cm³/mol. The van der Waals surface area contributed by atoms with Gasteiger partial charge in [0.15, 0.2) is 5.82 Å². The Morgan fingerprint density at radius 1 is 1.33 bits per heavy atom. The molecule has 2 heterocycles. The molecule has 15 heavy (non-hydrogen) atoms. The molecule has 1 N–H and O–H groups in total. The van der Waals surface area contributed by atoms with E-state index in [4.69, 9.17) is 0 Å². The summed E-state index contributed by atoms with van der Waals surface area (Å²) in [5, 5.41) is 0. The zero-order valence-corrected chi connectivity index (χ0v) is 8.61. The Morgan fingerprint density at radius 3 is 2.80 bits per heavy atom. The summed E-state index contributed by atoms with van der Waals surface area (Å²) < 4.78 is 0. The lowest BCUT2D eigenvalue weighted by molar-refractivity contribution is 1.05. The Balaban J connectivity index is 2.64. The molecule has 0 saturated carbocycles. The standard InChI is InChI=1S/C11H11N3O/c1-7-4-3-5-12-10(7)11-13-8(2)6-9(15)14-11/h3-6H,1-2H3,(H,13,14,15). The molecule has 0 radical (unpaired) electrons. The van der Waals surface area contributed by atoms with Crippen LogP contribution in [0.2, 0.25) is 0 Å². The normalized spacial score (nSPS) is 10.3. The molecule has 0 amide bonds. The number of aryl methyl sites for hydroxylation is 2. The predicted octanol–water partition coefficient (Wildman–Crippen LogP) is 1.45. The molecule has 4 nitrogen and oxygen atoms in total. The van der Waals surface area contributed by atoms with E-state index in [0.29, 0.717) is 11.5 Å². The van der Waals surface area contributed by atoms with Crippen LogP contribution in [0, 0.1) is 13.8 Å². The summed E-state index contributed by atoms with van der Waals surface area (Å²) in [6, 6.07) is 5.25. The Kier molecular flexibility index (Phi) is 2.33. The molecule has 0 fully saturated rings. The summed E-state index contributed by atoms with van der Waals surface area (Å²) in [7, 11) is 0. The Hall–Kier alpha value is -1.97. The van der Waals surface area contributed by atoms with Crippen molar-refractivity contribution in [1.29, 1.82) is 0 Å². The van der Waals surface area contributed by atoms with E-state index in [0.717, 1.165) is 11.3 Å². The van der Waals surface area contributed by atoms with E-state index in [1.165, 1.54) is 6.07 Å². The van der Waals surface area contributed by atoms with Crippen molar-refractivity contribution in [3.8, 4) is 11.5 Å². The van der Waals surface area contributed by atoms with E-state index in [1.54, 1.807) is 13.1 Å². The first-order valence-corrected chi connectivity index (χ1v) is 4.67.